The number of amides is 2. The van der Waals surface area contributed by atoms with E-state index in [-0.39, 0.29) is 5.57 Å². The summed E-state index contributed by atoms with van der Waals surface area (Å²) in [5, 5.41) is 0. The normalized spacial score (nSPS) is 32.3. The van der Waals surface area contributed by atoms with Crippen LogP contribution in [0, 0.1) is 0 Å². The number of hydrogen-bond donors (Lipinski definition) is 0. The number of anilines is 1. The van der Waals surface area contributed by atoms with Gasteiger partial charge in [-0.2, -0.15) is 0 Å². The first-order valence-corrected chi connectivity index (χ1v) is 8.90. The number of hydrogen-bond acceptors (Lipinski definition) is 8. The van der Waals surface area contributed by atoms with Crippen LogP contribution in [0.15, 0.2) is 42.0 Å². The smallest absolute Gasteiger partial charge is 0.338 e. The number of rotatable bonds is 5. The van der Waals surface area contributed by atoms with Crippen molar-refractivity contribution in [2.75, 3.05) is 26.2 Å². The van der Waals surface area contributed by atoms with E-state index in [0.717, 1.165) is 11.0 Å². The van der Waals surface area contributed by atoms with Crippen LogP contribution in [0.5, 0.6) is 0 Å². The molecule has 29 heavy (non-hydrogen) atoms. The average Bonchev–Trinajstić information content (AvgIpc) is 3.03. The quantitative estimate of drug-likeness (QED) is 0.532. The zero-order chi connectivity index (χ0) is 21.4. The van der Waals surface area contributed by atoms with Crippen LogP contribution in [0.25, 0.3) is 0 Å². The molecule has 2 amide bonds. The molecule has 0 aromatic heterocycles. The molecule has 0 spiro atoms. The Morgan fingerprint density at radius 1 is 1.00 bits per heavy atom. The molecule has 1 saturated heterocycles. The van der Waals surface area contributed by atoms with Gasteiger partial charge in [0.2, 0.25) is 11.6 Å². The van der Waals surface area contributed by atoms with Gasteiger partial charge in [0.1, 0.15) is 6.10 Å². The summed E-state index contributed by atoms with van der Waals surface area (Å²) >= 11 is 0. The van der Waals surface area contributed by atoms with Crippen molar-refractivity contribution in [3.8, 4) is 0 Å². The molecule has 2 aliphatic heterocycles. The molecule has 2 heterocycles. The third-order valence-electron chi connectivity index (χ3n) is 5.29. The molecular formula is C20H23NO8. The fraction of sp³-hybridized carbons (Fsp3) is 0.450. The van der Waals surface area contributed by atoms with Crippen molar-refractivity contribution in [2.24, 2.45) is 0 Å². The summed E-state index contributed by atoms with van der Waals surface area (Å²) in [5.74, 6) is -4.93. The number of imide groups is 1. The lowest BCUT2D eigenvalue weighted by Gasteiger charge is -2.51. The van der Waals surface area contributed by atoms with Gasteiger partial charge in [-0.25, -0.2) is 9.69 Å². The van der Waals surface area contributed by atoms with Gasteiger partial charge >= 0.3 is 5.97 Å². The van der Waals surface area contributed by atoms with Crippen molar-refractivity contribution >= 4 is 23.5 Å². The molecule has 9 heteroatoms. The van der Waals surface area contributed by atoms with Gasteiger partial charge in [0.05, 0.1) is 18.4 Å². The highest BCUT2D eigenvalue weighted by molar-refractivity contribution is 6.31. The molecule has 1 aromatic rings. The molecule has 0 unspecified atom stereocenters. The standard InChI is InChI=1S/C20H23NO8/c1-19(26-4)20(2,27-5)29-16(18(24)25-3)15(28-19)13-11-14(22)21(17(13)23)12-9-7-6-8-10-12/h6-11,15-16H,1-5H3/t15-,16+,19+,20+/m0/s1. The van der Waals surface area contributed by atoms with E-state index in [4.69, 9.17) is 23.7 Å². The fourth-order valence-corrected chi connectivity index (χ4v) is 3.32. The van der Waals surface area contributed by atoms with E-state index in [9.17, 15) is 14.4 Å². The van der Waals surface area contributed by atoms with E-state index in [0.29, 0.717) is 5.69 Å². The Balaban J connectivity index is 2.01. The lowest BCUT2D eigenvalue weighted by molar-refractivity contribution is -0.438. The van der Waals surface area contributed by atoms with Gasteiger partial charge in [0.25, 0.3) is 11.8 Å². The number of carbonyl (C=O) groups is 3. The number of methoxy groups -OCH3 is 3. The Labute approximate surface area is 168 Å². The molecule has 1 aromatic carbocycles. The highest BCUT2D eigenvalue weighted by atomic mass is 16.8. The monoisotopic (exact) mass is 405 g/mol. The van der Waals surface area contributed by atoms with Gasteiger partial charge in [0.15, 0.2) is 6.10 Å². The topological polar surface area (TPSA) is 101 Å². The van der Waals surface area contributed by atoms with Crippen molar-refractivity contribution in [3.63, 3.8) is 0 Å². The van der Waals surface area contributed by atoms with Crippen LogP contribution >= 0.6 is 0 Å². The molecule has 0 aliphatic carbocycles. The maximum Gasteiger partial charge on any atom is 0.338 e. The Morgan fingerprint density at radius 2 is 1.59 bits per heavy atom. The van der Waals surface area contributed by atoms with Gasteiger partial charge < -0.3 is 23.7 Å². The van der Waals surface area contributed by atoms with Crippen LogP contribution in [-0.4, -0.2) is 62.9 Å². The number of esters is 1. The van der Waals surface area contributed by atoms with Gasteiger partial charge in [-0.1, -0.05) is 18.2 Å². The first-order valence-electron chi connectivity index (χ1n) is 8.90. The number of benzene rings is 1. The van der Waals surface area contributed by atoms with Crippen molar-refractivity contribution in [1.82, 2.24) is 0 Å². The third-order valence-corrected chi connectivity index (χ3v) is 5.29. The second kappa shape index (κ2) is 7.68. The predicted molar refractivity (Wildman–Crippen MR) is 99.6 cm³/mol. The summed E-state index contributed by atoms with van der Waals surface area (Å²) in [5.41, 5.74) is 0.354. The number of para-hydroxylation sites is 1. The molecule has 1 fully saturated rings. The van der Waals surface area contributed by atoms with Crippen molar-refractivity contribution in [2.45, 2.75) is 37.6 Å². The third kappa shape index (κ3) is 3.36. The molecule has 156 valence electrons. The molecular weight excluding hydrogens is 382 g/mol. The van der Waals surface area contributed by atoms with Gasteiger partial charge in [0, 0.05) is 20.3 Å². The summed E-state index contributed by atoms with van der Waals surface area (Å²) in [6.07, 6.45) is -1.47. The number of nitrogens with zero attached hydrogens (tertiary/aromatic N) is 1. The minimum atomic E-state index is -1.48. The number of carbonyl (C=O) groups excluding carboxylic acids is 3. The van der Waals surface area contributed by atoms with E-state index in [1.54, 1.807) is 37.3 Å². The van der Waals surface area contributed by atoms with Crippen molar-refractivity contribution < 1.29 is 38.1 Å². The van der Waals surface area contributed by atoms with Crippen LogP contribution < -0.4 is 4.90 Å². The van der Waals surface area contributed by atoms with Crippen LogP contribution in [0.2, 0.25) is 0 Å². The van der Waals surface area contributed by atoms with E-state index in [1.165, 1.54) is 28.3 Å². The van der Waals surface area contributed by atoms with E-state index >= 15 is 0 Å². The van der Waals surface area contributed by atoms with Crippen LogP contribution in [0.1, 0.15) is 13.8 Å². The highest BCUT2D eigenvalue weighted by Gasteiger charge is 2.60. The lowest BCUT2D eigenvalue weighted by atomic mass is 9.98. The average molecular weight is 405 g/mol. The van der Waals surface area contributed by atoms with Crippen LogP contribution in [-0.2, 0) is 38.1 Å². The summed E-state index contributed by atoms with van der Waals surface area (Å²) in [4.78, 5) is 39.1. The van der Waals surface area contributed by atoms with Gasteiger partial charge in [-0.3, -0.25) is 9.59 Å². The summed E-state index contributed by atoms with van der Waals surface area (Å²) in [6.45, 7) is 3.09. The minimum Gasteiger partial charge on any atom is -0.467 e. The molecule has 0 N–H and O–H groups in total. The largest absolute Gasteiger partial charge is 0.467 e. The first-order chi connectivity index (χ1) is 13.7. The zero-order valence-electron chi connectivity index (χ0n) is 16.8. The molecule has 0 radical (unpaired) electrons. The van der Waals surface area contributed by atoms with E-state index < -0.39 is 41.6 Å². The maximum absolute atomic E-state index is 13.1. The second-order valence-corrected chi connectivity index (χ2v) is 6.81. The molecule has 4 atom stereocenters. The molecule has 0 bridgehead atoms. The van der Waals surface area contributed by atoms with Gasteiger partial charge in [-0.05, 0) is 26.0 Å². The molecule has 9 nitrogen and oxygen atoms in total. The summed E-state index contributed by atoms with van der Waals surface area (Å²) in [6, 6.07) is 8.44. The van der Waals surface area contributed by atoms with E-state index in [1.807, 2.05) is 0 Å². The Bertz CT molecular complexity index is 853. The SMILES string of the molecule is COC(=O)[C@@H]1O[C@@](C)(OC)[C@](C)(OC)O[C@H]1C1=CC(=O)N(c2ccccc2)C1=O. The summed E-state index contributed by atoms with van der Waals surface area (Å²) in [7, 11) is 3.93. The Morgan fingerprint density at radius 3 is 2.14 bits per heavy atom. The molecule has 2 aliphatic rings. The van der Waals surface area contributed by atoms with Crippen molar-refractivity contribution in [3.05, 3.63) is 42.0 Å². The minimum absolute atomic E-state index is 0.0457. The number of ether oxygens (including phenoxy) is 5. The van der Waals surface area contributed by atoms with Crippen LogP contribution in [0.3, 0.4) is 0 Å². The lowest BCUT2D eigenvalue weighted by Crippen LogP contribution is -2.67. The maximum atomic E-state index is 13.1. The predicted octanol–water partition coefficient (Wildman–Crippen LogP) is 1.17. The van der Waals surface area contributed by atoms with E-state index in [2.05, 4.69) is 0 Å². The molecule has 0 saturated carbocycles. The van der Waals surface area contributed by atoms with Crippen molar-refractivity contribution in [1.29, 1.82) is 0 Å². The fourth-order valence-electron chi connectivity index (χ4n) is 3.32. The zero-order valence-corrected chi connectivity index (χ0v) is 16.8. The molecule has 3 rings (SSSR count). The van der Waals surface area contributed by atoms with Gasteiger partial charge in [-0.15, -0.1) is 0 Å². The Hall–Kier alpha value is -2.59. The second-order valence-electron chi connectivity index (χ2n) is 6.81. The van der Waals surface area contributed by atoms with Crippen LogP contribution in [0.4, 0.5) is 5.69 Å². The Kier molecular flexibility index (Phi) is 5.59. The first kappa shape index (κ1) is 21.1. The highest BCUT2D eigenvalue weighted by Crippen LogP contribution is 2.42. The summed E-state index contributed by atoms with van der Waals surface area (Å²) < 4.78 is 27.5.